The number of hydrogen-bond donors (Lipinski definition) is 0. The Hall–Kier alpha value is -1.90. The molecule has 2 aromatic rings. The van der Waals surface area contributed by atoms with E-state index in [1.54, 1.807) is 0 Å². The molecule has 0 radical (unpaired) electrons. The molecule has 1 aliphatic carbocycles. The smallest absolute Gasteiger partial charge is 0.184 e. The molecule has 0 bridgehead atoms. The SMILES string of the molecule is CC(Cc1nn(-c2ccc(C(C)C)cc2)c2c1CCC(C(C)C)C2=O)CC(C)(C)C. The van der Waals surface area contributed by atoms with Gasteiger partial charge in [0.05, 0.1) is 11.4 Å². The summed E-state index contributed by atoms with van der Waals surface area (Å²) < 4.78 is 1.95. The molecule has 3 rings (SSSR count). The van der Waals surface area contributed by atoms with Crippen LogP contribution in [0, 0.1) is 23.2 Å². The molecule has 1 aromatic heterocycles. The molecule has 0 saturated heterocycles. The number of benzene rings is 1. The number of aromatic nitrogens is 2. The first-order valence-electron chi connectivity index (χ1n) is 11.7. The largest absolute Gasteiger partial charge is 0.292 e. The maximum Gasteiger partial charge on any atom is 0.184 e. The van der Waals surface area contributed by atoms with E-state index in [1.807, 2.05) is 4.68 Å². The van der Waals surface area contributed by atoms with Crippen LogP contribution in [0.4, 0.5) is 0 Å². The van der Waals surface area contributed by atoms with Crippen molar-refractivity contribution in [1.29, 1.82) is 0 Å². The third-order valence-electron chi connectivity index (χ3n) is 6.45. The van der Waals surface area contributed by atoms with Gasteiger partial charge in [0.25, 0.3) is 0 Å². The molecule has 3 nitrogen and oxygen atoms in total. The summed E-state index contributed by atoms with van der Waals surface area (Å²) in [5, 5.41) is 5.05. The summed E-state index contributed by atoms with van der Waals surface area (Å²) in [5.41, 5.74) is 5.78. The van der Waals surface area contributed by atoms with E-state index in [0.717, 1.165) is 42.8 Å². The maximum atomic E-state index is 13.5. The van der Waals surface area contributed by atoms with Crippen LogP contribution in [-0.4, -0.2) is 15.6 Å². The molecule has 30 heavy (non-hydrogen) atoms. The molecule has 0 fully saturated rings. The van der Waals surface area contributed by atoms with Crippen LogP contribution in [0.3, 0.4) is 0 Å². The van der Waals surface area contributed by atoms with E-state index >= 15 is 0 Å². The van der Waals surface area contributed by atoms with Gasteiger partial charge in [0, 0.05) is 11.5 Å². The molecular weight excluding hydrogens is 368 g/mol. The van der Waals surface area contributed by atoms with Gasteiger partial charge in [0.15, 0.2) is 5.78 Å². The zero-order chi connectivity index (χ0) is 22.2. The monoisotopic (exact) mass is 408 g/mol. The van der Waals surface area contributed by atoms with E-state index in [-0.39, 0.29) is 11.7 Å². The summed E-state index contributed by atoms with van der Waals surface area (Å²) >= 11 is 0. The van der Waals surface area contributed by atoms with Gasteiger partial charge in [-0.2, -0.15) is 5.10 Å². The molecule has 0 saturated carbocycles. The van der Waals surface area contributed by atoms with Gasteiger partial charge in [-0.25, -0.2) is 4.68 Å². The van der Waals surface area contributed by atoms with Gasteiger partial charge in [-0.15, -0.1) is 0 Å². The lowest BCUT2D eigenvalue weighted by Crippen LogP contribution is -2.28. The fourth-order valence-corrected chi connectivity index (χ4v) is 5.05. The van der Waals surface area contributed by atoms with Gasteiger partial charge in [-0.05, 0) is 66.5 Å². The molecule has 0 aliphatic heterocycles. The van der Waals surface area contributed by atoms with Crippen LogP contribution in [0.25, 0.3) is 5.69 Å². The average Bonchev–Trinajstić information content (AvgIpc) is 2.99. The number of Topliss-reactive ketones (excluding diaryl/α,β-unsaturated/α-hetero) is 1. The van der Waals surface area contributed by atoms with E-state index in [2.05, 4.69) is 79.7 Å². The second-order valence-electron chi connectivity index (χ2n) is 11.3. The molecule has 0 amide bonds. The first kappa shape index (κ1) is 22.8. The molecule has 0 N–H and O–H groups in total. The van der Waals surface area contributed by atoms with Crippen molar-refractivity contribution in [2.45, 2.75) is 87.0 Å². The molecule has 2 unspecified atom stereocenters. The molecular formula is C27H40N2O. The highest BCUT2D eigenvalue weighted by Crippen LogP contribution is 2.35. The summed E-state index contributed by atoms with van der Waals surface area (Å²) in [6.45, 7) is 17.9. The summed E-state index contributed by atoms with van der Waals surface area (Å²) in [6.07, 6.45) is 4.00. The van der Waals surface area contributed by atoms with Crippen molar-refractivity contribution < 1.29 is 4.79 Å². The van der Waals surface area contributed by atoms with Crippen molar-refractivity contribution >= 4 is 5.78 Å². The standard InChI is InChI=1S/C27H40N2O/c1-17(2)20-9-11-21(12-10-20)29-25-23(14-13-22(18(3)4)26(25)30)24(28-29)15-19(5)16-27(6,7)8/h9-12,17-19,22H,13-16H2,1-8H3. The minimum absolute atomic E-state index is 0.0998. The van der Waals surface area contributed by atoms with E-state index in [1.165, 1.54) is 11.1 Å². The van der Waals surface area contributed by atoms with Crippen LogP contribution in [0.15, 0.2) is 24.3 Å². The Morgan fingerprint density at radius 3 is 2.23 bits per heavy atom. The van der Waals surface area contributed by atoms with Gasteiger partial charge < -0.3 is 0 Å². The Balaban J connectivity index is 2.03. The predicted molar refractivity (Wildman–Crippen MR) is 126 cm³/mol. The van der Waals surface area contributed by atoms with Crippen molar-refractivity contribution in [3.8, 4) is 5.69 Å². The van der Waals surface area contributed by atoms with E-state index < -0.39 is 0 Å². The summed E-state index contributed by atoms with van der Waals surface area (Å²) in [5.74, 6) is 1.77. The maximum absolute atomic E-state index is 13.5. The Morgan fingerprint density at radius 1 is 1.07 bits per heavy atom. The van der Waals surface area contributed by atoms with E-state index in [4.69, 9.17) is 5.10 Å². The van der Waals surface area contributed by atoms with Crippen molar-refractivity contribution in [2.75, 3.05) is 0 Å². The fourth-order valence-electron chi connectivity index (χ4n) is 5.05. The number of rotatable bonds is 6. The van der Waals surface area contributed by atoms with Gasteiger partial charge in [-0.3, -0.25) is 4.79 Å². The minimum atomic E-state index is 0.0998. The summed E-state index contributed by atoms with van der Waals surface area (Å²) in [6, 6.07) is 8.58. The second kappa shape index (κ2) is 8.69. The highest BCUT2D eigenvalue weighted by molar-refractivity contribution is 5.99. The van der Waals surface area contributed by atoms with Crippen LogP contribution in [0.1, 0.15) is 101 Å². The topological polar surface area (TPSA) is 34.9 Å². The number of ketones is 1. The van der Waals surface area contributed by atoms with Crippen LogP contribution in [0.5, 0.6) is 0 Å². The zero-order valence-corrected chi connectivity index (χ0v) is 20.2. The number of nitrogens with zero attached hydrogens (tertiary/aromatic N) is 2. The van der Waals surface area contributed by atoms with Crippen molar-refractivity contribution in [1.82, 2.24) is 9.78 Å². The van der Waals surface area contributed by atoms with Crippen molar-refractivity contribution in [3.05, 3.63) is 46.8 Å². The van der Waals surface area contributed by atoms with Crippen LogP contribution in [-0.2, 0) is 12.8 Å². The molecule has 1 aliphatic rings. The first-order chi connectivity index (χ1) is 14.0. The minimum Gasteiger partial charge on any atom is -0.292 e. The number of fused-ring (bicyclic) bond motifs is 1. The summed E-state index contributed by atoms with van der Waals surface area (Å²) in [7, 11) is 0. The Morgan fingerprint density at radius 2 is 1.70 bits per heavy atom. The van der Waals surface area contributed by atoms with Gasteiger partial charge in [0.2, 0.25) is 0 Å². The average molecular weight is 409 g/mol. The lowest BCUT2D eigenvalue weighted by atomic mass is 9.78. The van der Waals surface area contributed by atoms with E-state index in [9.17, 15) is 4.79 Å². The van der Waals surface area contributed by atoms with Crippen LogP contribution in [0.2, 0.25) is 0 Å². The number of hydrogen-bond acceptors (Lipinski definition) is 2. The van der Waals surface area contributed by atoms with Crippen molar-refractivity contribution in [3.63, 3.8) is 0 Å². The van der Waals surface area contributed by atoms with E-state index in [0.29, 0.717) is 23.2 Å². The summed E-state index contributed by atoms with van der Waals surface area (Å²) in [4.78, 5) is 13.5. The third-order valence-corrected chi connectivity index (χ3v) is 6.45. The highest BCUT2D eigenvalue weighted by atomic mass is 16.1. The molecule has 0 spiro atoms. The molecule has 1 heterocycles. The molecule has 3 heteroatoms. The van der Waals surface area contributed by atoms with Crippen molar-refractivity contribution in [2.24, 2.45) is 23.2 Å². The first-order valence-corrected chi connectivity index (χ1v) is 11.7. The van der Waals surface area contributed by atoms with Gasteiger partial charge in [-0.1, -0.05) is 67.5 Å². The normalized spacial score (nSPS) is 18.2. The lowest BCUT2D eigenvalue weighted by molar-refractivity contribution is 0.0855. The van der Waals surface area contributed by atoms with Gasteiger partial charge in [0.1, 0.15) is 5.69 Å². The second-order valence-corrected chi connectivity index (χ2v) is 11.3. The van der Waals surface area contributed by atoms with Gasteiger partial charge >= 0.3 is 0 Å². The number of carbonyl (C=O) groups excluding carboxylic acids is 1. The quantitative estimate of drug-likeness (QED) is 0.515. The predicted octanol–water partition coefficient (Wildman–Crippen LogP) is 7.01. The highest BCUT2D eigenvalue weighted by Gasteiger charge is 2.35. The lowest BCUT2D eigenvalue weighted by Gasteiger charge is -2.26. The number of carbonyl (C=O) groups is 1. The Labute approximate surface area is 183 Å². The van der Waals surface area contributed by atoms with Crippen LogP contribution < -0.4 is 0 Å². The zero-order valence-electron chi connectivity index (χ0n) is 20.2. The Bertz CT molecular complexity index is 881. The molecule has 164 valence electrons. The Kier molecular flexibility index (Phi) is 6.60. The molecule has 1 aromatic carbocycles. The fraction of sp³-hybridized carbons (Fsp3) is 0.630. The third kappa shape index (κ3) is 4.87. The molecule has 2 atom stereocenters. The van der Waals surface area contributed by atoms with Crippen LogP contribution >= 0.6 is 0 Å².